The SMILES string of the molecule is O=C(Cc1ccc(Cl)cc1)N[C@@H](Cc1ccccc1)C(=O)NCc1ccco1. The number of rotatable bonds is 8. The molecule has 0 unspecified atom stereocenters. The Morgan fingerprint density at radius 1 is 0.929 bits per heavy atom. The predicted molar refractivity (Wildman–Crippen MR) is 108 cm³/mol. The van der Waals surface area contributed by atoms with E-state index in [4.69, 9.17) is 16.0 Å². The van der Waals surface area contributed by atoms with Crippen molar-refractivity contribution in [3.8, 4) is 0 Å². The molecule has 3 rings (SSSR count). The Morgan fingerprint density at radius 3 is 2.36 bits per heavy atom. The van der Waals surface area contributed by atoms with E-state index in [0.717, 1.165) is 11.1 Å². The molecule has 5 nitrogen and oxygen atoms in total. The Kier molecular flexibility index (Phi) is 6.87. The highest BCUT2D eigenvalue weighted by molar-refractivity contribution is 6.30. The molecule has 0 saturated heterocycles. The molecule has 1 atom stereocenters. The summed E-state index contributed by atoms with van der Waals surface area (Å²) in [7, 11) is 0. The van der Waals surface area contributed by atoms with Crippen molar-refractivity contribution in [3.63, 3.8) is 0 Å². The second-order valence-electron chi connectivity index (χ2n) is 6.41. The van der Waals surface area contributed by atoms with E-state index < -0.39 is 6.04 Å². The smallest absolute Gasteiger partial charge is 0.243 e. The average Bonchev–Trinajstić information content (AvgIpc) is 3.22. The summed E-state index contributed by atoms with van der Waals surface area (Å²) >= 11 is 5.88. The molecule has 0 bridgehead atoms. The van der Waals surface area contributed by atoms with E-state index >= 15 is 0 Å². The summed E-state index contributed by atoms with van der Waals surface area (Å²) in [5.74, 6) is 0.167. The van der Waals surface area contributed by atoms with E-state index in [1.54, 1.807) is 42.7 Å². The van der Waals surface area contributed by atoms with Crippen LogP contribution in [0.25, 0.3) is 0 Å². The van der Waals surface area contributed by atoms with Gasteiger partial charge in [0, 0.05) is 11.4 Å². The molecular formula is C22H21ClN2O3. The van der Waals surface area contributed by atoms with Gasteiger partial charge in [0.25, 0.3) is 0 Å². The molecule has 6 heteroatoms. The van der Waals surface area contributed by atoms with Crippen LogP contribution in [0.2, 0.25) is 5.02 Å². The lowest BCUT2D eigenvalue weighted by Crippen LogP contribution is -2.48. The van der Waals surface area contributed by atoms with Gasteiger partial charge < -0.3 is 15.1 Å². The minimum absolute atomic E-state index is 0.175. The molecule has 0 aliphatic rings. The van der Waals surface area contributed by atoms with Crippen molar-refractivity contribution in [2.24, 2.45) is 0 Å². The van der Waals surface area contributed by atoms with Crippen molar-refractivity contribution in [3.05, 3.63) is 94.9 Å². The van der Waals surface area contributed by atoms with E-state index in [-0.39, 0.29) is 24.8 Å². The van der Waals surface area contributed by atoms with E-state index in [1.807, 2.05) is 30.3 Å². The molecule has 0 aliphatic heterocycles. The first-order chi connectivity index (χ1) is 13.6. The fraction of sp³-hybridized carbons (Fsp3) is 0.182. The Hall–Kier alpha value is -3.05. The molecule has 1 aromatic heterocycles. The van der Waals surface area contributed by atoms with Crippen molar-refractivity contribution in [1.29, 1.82) is 0 Å². The van der Waals surface area contributed by atoms with Crippen LogP contribution in [0.15, 0.2) is 77.4 Å². The molecule has 2 amide bonds. The maximum absolute atomic E-state index is 12.7. The lowest BCUT2D eigenvalue weighted by molar-refractivity contribution is -0.128. The zero-order valence-electron chi connectivity index (χ0n) is 15.2. The van der Waals surface area contributed by atoms with Gasteiger partial charge in [0.05, 0.1) is 19.2 Å². The number of hydrogen-bond acceptors (Lipinski definition) is 3. The van der Waals surface area contributed by atoms with Crippen LogP contribution in [0.5, 0.6) is 0 Å². The monoisotopic (exact) mass is 396 g/mol. The Morgan fingerprint density at radius 2 is 1.68 bits per heavy atom. The number of halogens is 1. The highest BCUT2D eigenvalue weighted by atomic mass is 35.5. The van der Waals surface area contributed by atoms with Gasteiger partial charge in [-0.2, -0.15) is 0 Å². The predicted octanol–water partition coefficient (Wildman–Crippen LogP) is 3.52. The van der Waals surface area contributed by atoms with Gasteiger partial charge in [0.1, 0.15) is 11.8 Å². The van der Waals surface area contributed by atoms with Crippen LogP contribution >= 0.6 is 11.6 Å². The quantitative estimate of drug-likeness (QED) is 0.612. The molecule has 2 aromatic carbocycles. The van der Waals surface area contributed by atoms with E-state index in [1.165, 1.54) is 0 Å². The lowest BCUT2D eigenvalue weighted by Gasteiger charge is -2.18. The van der Waals surface area contributed by atoms with Gasteiger partial charge in [0.15, 0.2) is 0 Å². The summed E-state index contributed by atoms with van der Waals surface area (Å²) in [4.78, 5) is 25.2. The van der Waals surface area contributed by atoms with E-state index in [2.05, 4.69) is 10.6 Å². The Labute approximate surface area is 168 Å². The first kappa shape index (κ1) is 19.7. The summed E-state index contributed by atoms with van der Waals surface area (Å²) in [6.45, 7) is 0.268. The summed E-state index contributed by atoms with van der Waals surface area (Å²) in [6, 6.07) is 19.5. The van der Waals surface area contributed by atoms with Crippen molar-refractivity contribution in [1.82, 2.24) is 10.6 Å². The second-order valence-corrected chi connectivity index (χ2v) is 6.85. The summed E-state index contributed by atoms with van der Waals surface area (Å²) in [5.41, 5.74) is 1.80. The maximum Gasteiger partial charge on any atom is 0.243 e. The van der Waals surface area contributed by atoms with Gasteiger partial charge in [-0.25, -0.2) is 0 Å². The fourth-order valence-electron chi connectivity index (χ4n) is 2.80. The van der Waals surface area contributed by atoms with Crippen LogP contribution in [-0.4, -0.2) is 17.9 Å². The number of amides is 2. The van der Waals surface area contributed by atoms with Crippen LogP contribution in [-0.2, 0) is 29.0 Å². The van der Waals surface area contributed by atoms with Gasteiger partial charge in [0.2, 0.25) is 11.8 Å². The third-order valence-corrected chi connectivity index (χ3v) is 4.48. The van der Waals surface area contributed by atoms with Gasteiger partial charge in [-0.3, -0.25) is 9.59 Å². The molecule has 2 N–H and O–H groups in total. The molecule has 0 aliphatic carbocycles. The van der Waals surface area contributed by atoms with Crippen LogP contribution in [0, 0.1) is 0 Å². The summed E-state index contributed by atoms with van der Waals surface area (Å²) in [6.07, 6.45) is 2.13. The minimum atomic E-state index is -0.683. The van der Waals surface area contributed by atoms with Gasteiger partial charge in [-0.05, 0) is 35.4 Å². The van der Waals surface area contributed by atoms with Crippen LogP contribution in [0.3, 0.4) is 0 Å². The molecule has 28 heavy (non-hydrogen) atoms. The first-order valence-electron chi connectivity index (χ1n) is 8.98. The zero-order chi connectivity index (χ0) is 19.8. The third-order valence-electron chi connectivity index (χ3n) is 4.23. The number of benzene rings is 2. The largest absolute Gasteiger partial charge is 0.467 e. The lowest BCUT2D eigenvalue weighted by atomic mass is 10.0. The normalized spacial score (nSPS) is 11.6. The van der Waals surface area contributed by atoms with Crippen LogP contribution in [0.4, 0.5) is 0 Å². The van der Waals surface area contributed by atoms with E-state index in [0.29, 0.717) is 17.2 Å². The van der Waals surface area contributed by atoms with Gasteiger partial charge in [-0.1, -0.05) is 54.1 Å². The number of carbonyl (C=O) groups is 2. The third kappa shape index (κ3) is 5.99. The molecule has 0 fully saturated rings. The minimum Gasteiger partial charge on any atom is -0.467 e. The van der Waals surface area contributed by atoms with Crippen molar-refractivity contribution < 1.29 is 14.0 Å². The first-order valence-corrected chi connectivity index (χ1v) is 9.36. The summed E-state index contributed by atoms with van der Waals surface area (Å²) in [5, 5.41) is 6.28. The molecule has 1 heterocycles. The van der Waals surface area contributed by atoms with Crippen LogP contribution < -0.4 is 10.6 Å². The molecular weight excluding hydrogens is 376 g/mol. The number of carbonyl (C=O) groups excluding carboxylic acids is 2. The van der Waals surface area contributed by atoms with Crippen molar-refractivity contribution in [2.75, 3.05) is 0 Å². The maximum atomic E-state index is 12.7. The van der Waals surface area contributed by atoms with Gasteiger partial charge in [-0.15, -0.1) is 0 Å². The highest BCUT2D eigenvalue weighted by Crippen LogP contribution is 2.10. The van der Waals surface area contributed by atoms with Crippen molar-refractivity contribution >= 4 is 23.4 Å². The average molecular weight is 397 g/mol. The molecule has 0 saturated carbocycles. The Balaban J connectivity index is 1.64. The molecule has 0 radical (unpaired) electrons. The van der Waals surface area contributed by atoms with Crippen molar-refractivity contribution in [2.45, 2.75) is 25.4 Å². The van der Waals surface area contributed by atoms with E-state index in [9.17, 15) is 9.59 Å². The highest BCUT2D eigenvalue weighted by Gasteiger charge is 2.21. The molecule has 0 spiro atoms. The molecule has 144 valence electrons. The number of hydrogen-bond donors (Lipinski definition) is 2. The Bertz CT molecular complexity index is 893. The van der Waals surface area contributed by atoms with Crippen LogP contribution in [0.1, 0.15) is 16.9 Å². The van der Waals surface area contributed by atoms with Gasteiger partial charge >= 0.3 is 0 Å². The topological polar surface area (TPSA) is 71.3 Å². The second kappa shape index (κ2) is 9.76. The number of furan rings is 1. The fourth-order valence-corrected chi connectivity index (χ4v) is 2.93. The molecule has 3 aromatic rings. The number of nitrogens with one attached hydrogen (secondary N) is 2. The summed E-state index contributed by atoms with van der Waals surface area (Å²) < 4.78 is 5.24. The standard InChI is InChI=1S/C22H21ClN2O3/c23-18-10-8-17(9-11-18)14-21(26)25-20(13-16-5-2-1-3-6-16)22(27)24-15-19-7-4-12-28-19/h1-12,20H,13-15H2,(H,24,27)(H,25,26)/t20-/m0/s1. The zero-order valence-corrected chi connectivity index (χ0v) is 16.0.